The van der Waals surface area contributed by atoms with Crippen LogP contribution in [0.3, 0.4) is 0 Å². The number of nitrogens with one attached hydrogen (secondary N) is 1. The van der Waals surface area contributed by atoms with Crippen LogP contribution < -0.4 is 11.2 Å². The molecule has 0 radical (unpaired) electrons. The van der Waals surface area contributed by atoms with Crippen molar-refractivity contribution in [2.75, 3.05) is 6.61 Å². The number of ether oxygens (including phenoxy) is 1. The number of rotatable bonds is 3. The lowest BCUT2D eigenvalue weighted by Gasteiger charge is -2.17. The molecule has 10 heteroatoms. The minimum absolute atomic E-state index is 0.258. The van der Waals surface area contributed by atoms with Crippen LogP contribution in [0.25, 0.3) is 10.4 Å². The van der Waals surface area contributed by atoms with Gasteiger partial charge in [0.2, 0.25) is 0 Å². The number of aromatic nitrogens is 2. The van der Waals surface area contributed by atoms with Crippen molar-refractivity contribution in [3.8, 4) is 0 Å². The second kappa shape index (κ2) is 5.47. The number of aliphatic hydroxyl groups is 2. The monoisotopic (exact) mass is 283 g/mol. The molecular formula is C10H13N5O5. The highest BCUT2D eigenvalue weighted by molar-refractivity contribution is 5.04. The number of aliphatic hydroxyl groups excluding tert-OH is 2. The van der Waals surface area contributed by atoms with Crippen LogP contribution in [0.1, 0.15) is 11.8 Å². The Balaban J connectivity index is 2.44. The van der Waals surface area contributed by atoms with Gasteiger partial charge in [-0.2, -0.15) is 0 Å². The zero-order valence-electron chi connectivity index (χ0n) is 10.5. The third-order valence-electron chi connectivity index (χ3n) is 3.12. The SMILES string of the molecule is Cc1cn([C@@H]2O[C@@H](CO)[C@@H](N=[N+]=[N-])[C@H]2O)c(=O)[nH]c1=O. The van der Waals surface area contributed by atoms with Crippen LogP contribution in [0.2, 0.25) is 0 Å². The van der Waals surface area contributed by atoms with E-state index in [1.807, 2.05) is 0 Å². The molecule has 1 aliphatic rings. The summed E-state index contributed by atoms with van der Waals surface area (Å²) in [6, 6.07) is -1.02. The summed E-state index contributed by atoms with van der Waals surface area (Å²) in [5.74, 6) is 0. The molecule has 0 spiro atoms. The second-order valence-corrected chi connectivity index (χ2v) is 4.41. The Morgan fingerprint density at radius 3 is 2.90 bits per heavy atom. The topological polar surface area (TPSA) is 153 Å². The molecule has 2 heterocycles. The number of hydrogen-bond donors (Lipinski definition) is 3. The molecule has 0 unspecified atom stereocenters. The number of H-pyrrole nitrogens is 1. The zero-order valence-corrected chi connectivity index (χ0v) is 10.5. The molecule has 0 bridgehead atoms. The van der Waals surface area contributed by atoms with E-state index in [2.05, 4.69) is 15.0 Å². The Kier molecular flexibility index (Phi) is 3.91. The number of nitrogens with zero attached hydrogens (tertiary/aromatic N) is 4. The first-order valence-electron chi connectivity index (χ1n) is 5.80. The lowest BCUT2D eigenvalue weighted by molar-refractivity contribution is -0.0532. The van der Waals surface area contributed by atoms with Gasteiger partial charge < -0.3 is 14.9 Å². The fourth-order valence-corrected chi connectivity index (χ4v) is 2.09. The van der Waals surface area contributed by atoms with Gasteiger partial charge in [0.05, 0.1) is 18.8 Å². The van der Waals surface area contributed by atoms with Crippen molar-refractivity contribution in [1.82, 2.24) is 9.55 Å². The molecule has 1 aliphatic heterocycles. The Labute approximate surface area is 111 Å². The third kappa shape index (κ3) is 2.32. The highest BCUT2D eigenvalue weighted by Crippen LogP contribution is 2.30. The van der Waals surface area contributed by atoms with E-state index in [-0.39, 0.29) is 5.56 Å². The van der Waals surface area contributed by atoms with E-state index in [0.717, 1.165) is 4.57 Å². The smallest absolute Gasteiger partial charge is 0.330 e. The van der Waals surface area contributed by atoms with Crippen molar-refractivity contribution in [3.05, 3.63) is 43.0 Å². The molecular weight excluding hydrogens is 270 g/mol. The van der Waals surface area contributed by atoms with Crippen LogP contribution in [0.5, 0.6) is 0 Å². The average Bonchev–Trinajstić information content (AvgIpc) is 2.72. The van der Waals surface area contributed by atoms with E-state index in [9.17, 15) is 14.7 Å². The fourth-order valence-electron chi connectivity index (χ4n) is 2.09. The summed E-state index contributed by atoms with van der Waals surface area (Å²) in [7, 11) is 0. The maximum Gasteiger partial charge on any atom is 0.330 e. The molecule has 0 aliphatic carbocycles. The maximum absolute atomic E-state index is 11.7. The molecule has 0 saturated carbocycles. The highest BCUT2D eigenvalue weighted by Gasteiger charge is 2.44. The third-order valence-corrected chi connectivity index (χ3v) is 3.12. The number of aryl methyl sites for hydroxylation is 1. The first-order valence-corrected chi connectivity index (χ1v) is 5.80. The van der Waals surface area contributed by atoms with Crippen molar-refractivity contribution in [3.63, 3.8) is 0 Å². The minimum atomic E-state index is -1.31. The Morgan fingerprint density at radius 1 is 1.60 bits per heavy atom. The molecule has 3 N–H and O–H groups in total. The first-order chi connectivity index (χ1) is 9.49. The van der Waals surface area contributed by atoms with Gasteiger partial charge in [-0.15, -0.1) is 0 Å². The van der Waals surface area contributed by atoms with E-state index < -0.39 is 42.3 Å². The highest BCUT2D eigenvalue weighted by atomic mass is 16.5. The van der Waals surface area contributed by atoms with Crippen molar-refractivity contribution in [1.29, 1.82) is 0 Å². The van der Waals surface area contributed by atoms with Crippen molar-refractivity contribution in [2.45, 2.75) is 31.4 Å². The summed E-state index contributed by atoms with van der Waals surface area (Å²) >= 11 is 0. The zero-order chi connectivity index (χ0) is 14.9. The van der Waals surface area contributed by atoms with E-state index in [1.54, 1.807) is 0 Å². The number of hydrogen-bond acceptors (Lipinski definition) is 6. The lowest BCUT2D eigenvalue weighted by Crippen LogP contribution is -2.38. The quantitative estimate of drug-likeness (QED) is 0.360. The van der Waals surface area contributed by atoms with Gasteiger partial charge in [0.1, 0.15) is 6.10 Å². The van der Waals surface area contributed by atoms with Gasteiger partial charge in [-0.25, -0.2) is 4.79 Å². The summed E-state index contributed by atoms with van der Waals surface area (Å²) in [5.41, 5.74) is 7.40. The average molecular weight is 283 g/mol. The van der Waals surface area contributed by atoms with Gasteiger partial charge in [-0.3, -0.25) is 14.3 Å². The van der Waals surface area contributed by atoms with Crippen molar-refractivity contribution in [2.24, 2.45) is 5.11 Å². The van der Waals surface area contributed by atoms with Crippen LogP contribution in [-0.2, 0) is 4.74 Å². The van der Waals surface area contributed by atoms with Crippen LogP contribution >= 0.6 is 0 Å². The van der Waals surface area contributed by atoms with Crippen molar-refractivity contribution >= 4 is 0 Å². The molecule has 108 valence electrons. The molecule has 0 amide bonds. The molecule has 1 fully saturated rings. The largest absolute Gasteiger partial charge is 0.394 e. The Hall–Kier alpha value is -2.13. The van der Waals surface area contributed by atoms with Crippen LogP contribution in [0.4, 0.5) is 0 Å². The van der Waals surface area contributed by atoms with E-state index >= 15 is 0 Å². The van der Waals surface area contributed by atoms with E-state index in [1.165, 1.54) is 13.1 Å². The first kappa shape index (κ1) is 14.3. The summed E-state index contributed by atoms with van der Waals surface area (Å²) in [4.78, 5) is 27.7. The Morgan fingerprint density at radius 2 is 2.30 bits per heavy atom. The van der Waals surface area contributed by atoms with Gasteiger partial charge in [0, 0.05) is 16.7 Å². The second-order valence-electron chi connectivity index (χ2n) is 4.41. The molecule has 2 rings (SSSR count). The molecule has 1 aromatic heterocycles. The van der Waals surface area contributed by atoms with Crippen LogP contribution in [-0.4, -0.2) is 44.6 Å². The van der Waals surface area contributed by atoms with Crippen molar-refractivity contribution < 1.29 is 14.9 Å². The fraction of sp³-hybridized carbons (Fsp3) is 0.600. The summed E-state index contributed by atoms with van der Waals surface area (Å²) in [6.07, 6.45) is -2.15. The molecule has 20 heavy (non-hydrogen) atoms. The van der Waals surface area contributed by atoms with Crippen LogP contribution in [0.15, 0.2) is 20.9 Å². The predicted molar refractivity (Wildman–Crippen MR) is 66.0 cm³/mol. The normalized spacial score (nSPS) is 29.1. The minimum Gasteiger partial charge on any atom is -0.394 e. The molecule has 0 aromatic carbocycles. The van der Waals surface area contributed by atoms with Gasteiger partial charge >= 0.3 is 5.69 Å². The lowest BCUT2D eigenvalue weighted by atomic mass is 10.1. The summed E-state index contributed by atoms with van der Waals surface area (Å²) < 4.78 is 6.32. The molecule has 10 nitrogen and oxygen atoms in total. The standard InChI is InChI=1S/C10H13N5O5/c1-4-2-15(10(19)12-8(4)18)9-7(17)6(13-14-11)5(3-16)20-9/h2,5-7,9,16-17H,3H2,1H3,(H,12,18,19)/t5-,6+,7+,9+/m0/s1. The summed E-state index contributed by atoms with van der Waals surface area (Å²) in [6.45, 7) is 1.01. The molecule has 1 saturated heterocycles. The molecule has 4 atom stereocenters. The van der Waals surface area contributed by atoms with Crippen LogP contribution in [0, 0.1) is 6.92 Å². The van der Waals surface area contributed by atoms with Gasteiger partial charge in [0.25, 0.3) is 5.56 Å². The number of azide groups is 1. The number of aromatic amines is 1. The van der Waals surface area contributed by atoms with Gasteiger partial charge in [0.15, 0.2) is 6.23 Å². The summed E-state index contributed by atoms with van der Waals surface area (Å²) in [5, 5.41) is 22.6. The van der Waals surface area contributed by atoms with E-state index in [0.29, 0.717) is 0 Å². The predicted octanol–water partition coefficient (Wildman–Crippen LogP) is -1.23. The maximum atomic E-state index is 11.7. The van der Waals surface area contributed by atoms with Gasteiger partial charge in [-0.1, -0.05) is 5.11 Å². The Bertz CT molecular complexity index is 661. The van der Waals surface area contributed by atoms with E-state index in [4.69, 9.17) is 15.4 Å². The van der Waals surface area contributed by atoms with Gasteiger partial charge in [-0.05, 0) is 12.5 Å². The molecule has 1 aromatic rings.